The Labute approximate surface area is 84.0 Å². The molecule has 0 aliphatic carbocycles. The topological polar surface area (TPSA) is 30.5 Å². The molecule has 3 heteroatoms. The Balaban J connectivity index is 2.42. The molecule has 0 bridgehead atoms. The molecular formula is C11H15NO2. The zero-order chi connectivity index (χ0) is 10.1. The van der Waals surface area contributed by atoms with Crippen molar-refractivity contribution in [2.75, 3.05) is 13.8 Å². The molecule has 1 aromatic rings. The highest BCUT2D eigenvalue weighted by molar-refractivity contribution is 5.49. The zero-order valence-corrected chi connectivity index (χ0v) is 8.76. The summed E-state index contributed by atoms with van der Waals surface area (Å²) in [7, 11) is 1.95. The average Bonchev–Trinajstić information content (AvgIpc) is 2.62. The second-order valence-corrected chi connectivity index (χ2v) is 3.57. The number of ether oxygens (including phenoxy) is 2. The van der Waals surface area contributed by atoms with E-state index in [0.717, 1.165) is 11.5 Å². The number of nitrogens with one attached hydrogen (secondary N) is 1. The lowest BCUT2D eigenvalue weighted by atomic mass is 10.0. The van der Waals surface area contributed by atoms with Gasteiger partial charge in [-0.25, -0.2) is 0 Å². The van der Waals surface area contributed by atoms with Gasteiger partial charge in [0.15, 0.2) is 11.5 Å². The van der Waals surface area contributed by atoms with Gasteiger partial charge in [0, 0.05) is 6.04 Å². The molecule has 1 N–H and O–H groups in total. The molecule has 1 atom stereocenters. The molecule has 0 amide bonds. The van der Waals surface area contributed by atoms with Crippen molar-refractivity contribution in [3.63, 3.8) is 0 Å². The molecule has 76 valence electrons. The molecule has 3 nitrogen and oxygen atoms in total. The van der Waals surface area contributed by atoms with Crippen molar-refractivity contribution < 1.29 is 9.47 Å². The van der Waals surface area contributed by atoms with Crippen molar-refractivity contribution in [1.29, 1.82) is 0 Å². The third-order valence-electron chi connectivity index (χ3n) is 2.66. The molecule has 0 spiro atoms. The van der Waals surface area contributed by atoms with Crippen molar-refractivity contribution in [2.24, 2.45) is 0 Å². The van der Waals surface area contributed by atoms with Crippen molar-refractivity contribution in [2.45, 2.75) is 19.9 Å². The third-order valence-corrected chi connectivity index (χ3v) is 2.66. The lowest BCUT2D eigenvalue weighted by molar-refractivity contribution is 0.174. The molecular weight excluding hydrogens is 178 g/mol. The van der Waals surface area contributed by atoms with Gasteiger partial charge in [0.05, 0.1) is 0 Å². The summed E-state index contributed by atoms with van der Waals surface area (Å²) < 4.78 is 10.6. The standard InChI is InChI=1S/C11H15NO2/c1-7-4-10-11(14-6-13-10)5-9(7)8(2)12-3/h4-5,8,12H,6H2,1-3H3/t8-/m1/s1. The van der Waals surface area contributed by atoms with E-state index >= 15 is 0 Å². The lowest BCUT2D eigenvalue weighted by Gasteiger charge is -2.14. The average molecular weight is 193 g/mol. The van der Waals surface area contributed by atoms with Crippen LogP contribution in [0.5, 0.6) is 11.5 Å². The van der Waals surface area contributed by atoms with Crippen LogP contribution < -0.4 is 14.8 Å². The van der Waals surface area contributed by atoms with Crippen LogP contribution in [-0.4, -0.2) is 13.8 Å². The van der Waals surface area contributed by atoms with Crippen molar-refractivity contribution in [3.05, 3.63) is 23.3 Å². The number of aryl methyl sites for hydroxylation is 1. The predicted octanol–water partition coefficient (Wildman–Crippen LogP) is 2.00. The molecule has 0 fully saturated rings. The molecule has 0 unspecified atom stereocenters. The fourth-order valence-corrected chi connectivity index (χ4v) is 1.68. The maximum Gasteiger partial charge on any atom is 0.231 e. The molecule has 0 saturated carbocycles. The van der Waals surface area contributed by atoms with Gasteiger partial charge in [-0.05, 0) is 44.2 Å². The molecule has 2 rings (SSSR count). The fraction of sp³-hybridized carbons (Fsp3) is 0.455. The number of benzene rings is 1. The minimum absolute atomic E-state index is 0.337. The van der Waals surface area contributed by atoms with Crippen LogP contribution in [0.15, 0.2) is 12.1 Å². The van der Waals surface area contributed by atoms with E-state index in [4.69, 9.17) is 9.47 Å². The molecule has 14 heavy (non-hydrogen) atoms. The summed E-state index contributed by atoms with van der Waals surface area (Å²) in [5.41, 5.74) is 2.49. The van der Waals surface area contributed by atoms with Gasteiger partial charge in [-0.1, -0.05) is 0 Å². The second kappa shape index (κ2) is 3.50. The van der Waals surface area contributed by atoms with Gasteiger partial charge < -0.3 is 14.8 Å². The molecule has 0 aromatic heterocycles. The summed E-state index contributed by atoms with van der Waals surface area (Å²) >= 11 is 0. The minimum atomic E-state index is 0.337. The first-order valence-electron chi connectivity index (χ1n) is 4.79. The third kappa shape index (κ3) is 1.44. The van der Waals surface area contributed by atoms with E-state index in [1.807, 2.05) is 13.1 Å². The van der Waals surface area contributed by atoms with Gasteiger partial charge in [0.25, 0.3) is 0 Å². The molecule has 1 aliphatic rings. The number of fused-ring (bicyclic) bond motifs is 1. The quantitative estimate of drug-likeness (QED) is 0.779. The SMILES string of the molecule is CN[C@H](C)c1cc2c(cc1C)OCO2. The van der Waals surface area contributed by atoms with Crippen molar-refractivity contribution in [3.8, 4) is 11.5 Å². The van der Waals surface area contributed by atoms with Gasteiger partial charge in [0.1, 0.15) is 0 Å². The van der Waals surface area contributed by atoms with Crippen LogP contribution in [0.1, 0.15) is 24.1 Å². The number of hydrogen-bond acceptors (Lipinski definition) is 3. The summed E-state index contributed by atoms with van der Waals surface area (Å²) in [4.78, 5) is 0. The predicted molar refractivity (Wildman–Crippen MR) is 54.8 cm³/mol. The minimum Gasteiger partial charge on any atom is -0.454 e. The first-order chi connectivity index (χ1) is 6.72. The van der Waals surface area contributed by atoms with Crippen molar-refractivity contribution in [1.82, 2.24) is 5.32 Å². The van der Waals surface area contributed by atoms with E-state index in [0.29, 0.717) is 12.8 Å². The second-order valence-electron chi connectivity index (χ2n) is 3.57. The highest BCUT2D eigenvalue weighted by Gasteiger charge is 2.17. The van der Waals surface area contributed by atoms with Crippen LogP contribution >= 0.6 is 0 Å². The monoisotopic (exact) mass is 193 g/mol. The Morgan fingerprint density at radius 1 is 1.29 bits per heavy atom. The Morgan fingerprint density at radius 3 is 2.57 bits per heavy atom. The van der Waals surface area contributed by atoms with E-state index in [1.165, 1.54) is 11.1 Å². The summed E-state index contributed by atoms with van der Waals surface area (Å²) in [5, 5.41) is 3.22. The van der Waals surface area contributed by atoms with Gasteiger partial charge in [0.2, 0.25) is 6.79 Å². The first kappa shape index (κ1) is 9.34. The maximum atomic E-state index is 5.34. The zero-order valence-electron chi connectivity index (χ0n) is 8.76. The van der Waals surface area contributed by atoms with Crippen LogP contribution in [0.3, 0.4) is 0 Å². The van der Waals surface area contributed by atoms with Crippen molar-refractivity contribution >= 4 is 0 Å². The molecule has 0 saturated heterocycles. The number of hydrogen-bond donors (Lipinski definition) is 1. The Morgan fingerprint density at radius 2 is 1.93 bits per heavy atom. The van der Waals surface area contributed by atoms with Crippen LogP contribution in [0.4, 0.5) is 0 Å². The highest BCUT2D eigenvalue weighted by atomic mass is 16.7. The molecule has 0 radical (unpaired) electrons. The lowest BCUT2D eigenvalue weighted by Crippen LogP contribution is -2.13. The number of rotatable bonds is 2. The summed E-state index contributed by atoms with van der Waals surface area (Å²) in [5.74, 6) is 1.71. The normalized spacial score (nSPS) is 15.6. The van der Waals surface area contributed by atoms with E-state index in [2.05, 4.69) is 25.2 Å². The van der Waals surface area contributed by atoms with Gasteiger partial charge in [-0.2, -0.15) is 0 Å². The van der Waals surface area contributed by atoms with Crippen LogP contribution in [0.25, 0.3) is 0 Å². The first-order valence-corrected chi connectivity index (χ1v) is 4.79. The Kier molecular flexibility index (Phi) is 2.33. The summed E-state index contributed by atoms with van der Waals surface area (Å²) in [6.07, 6.45) is 0. The Bertz CT molecular complexity index is 349. The van der Waals surface area contributed by atoms with Gasteiger partial charge in [-0.15, -0.1) is 0 Å². The van der Waals surface area contributed by atoms with Crippen LogP contribution in [-0.2, 0) is 0 Å². The fourth-order valence-electron chi connectivity index (χ4n) is 1.68. The van der Waals surface area contributed by atoms with Crippen LogP contribution in [0, 0.1) is 6.92 Å². The van der Waals surface area contributed by atoms with Gasteiger partial charge >= 0.3 is 0 Å². The van der Waals surface area contributed by atoms with E-state index < -0.39 is 0 Å². The summed E-state index contributed by atoms with van der Waals surface area (Å²) in [6.45, 7) is 4.56. The maximum absolute atomic E-state index is 5.34. The molecule has 1 heterocycles. The molecule has 1 aliphatic heterocycles. The van der Waals surface area contributed by atoms with Crippen LogP contribution in [0.2, 0.25) is 0 Å². The summed E-state index contributed by atoms with van der Waals surface area (Å²) in [6, 6.07) is 4.43. The van der Waals surface area contributed by atoms with Gasteiger partial charge in [-0.3, -0.25) is 0 Å². The largest absolute Gasteiger partial charge is 0.454 e. The van der Waals surface area contributed by atoms with E-state index in [1.54, 1.807) is 0 Å². The van der Waals surface area contributed by atoms with E-state index in [9.17, 15) is 0 Å². The smallest absolute Gasteiger partial charge is 0.231 e. The Hall–Kier alpha value is -1.22. The molecule has 1 aromatic carbocycles. The highest BCUT2D eigenvalue weighted by Crippen LogP contribution is 2.36. The van der Waals surface area contributed by atoms with E-state index in [-0.39, 0.29) is 0 Å².